The van der Waals surface area contributed by atoms with Crippen LogP contribution in [0, 0.1) is 0 Å². The molecule has 0 fully saturated rings. The van der Waals surface area contributed by atoms with E-state index in [0.29, 0.717) is 0 Å². The smallest absolute Gasteiger partial charge is 0.145 e. The van der Waals surface area contributed by atoms with Crippen LogP contribution in [0.15, 0.2) is 186 Å². The van der Waals surface area contributed by atoms with Gasteiger partial charge in [0.25, 0.3) is 0 Å². The molecule has 2 heterocycles. The zero-order valence-corrected chi connectivity index (χ0v) is 30.0. The van der Waals surface area contributed by atoms with Crippen molar-refractivity contribution in [2.24, 2.45) is 0 Å². The van der Waals surface area contributed by atoms with Crippen LogP contribution in [0.25, 0.3) is 119 Å². The number of benzene rings is 10. The van der Waals surface area contributed by atoms with Crippen LogP contribution in [-0.2, 0) is 0 Å². The van der Waals surface area contributed by atoms with Crippen LogP contribution in [0.3, 0.4) is 0 Å². The van der Waals surface area contributed by atoms with Gasteiger partial charge in [0.05, 0.1) is 0 Å². The van der Waals surface area contributed by atoms with Crippen LogP contribution < -0.4 is 0 Å². The van der Waals surface area contributed by atoms with Gasteiger partial charge in [-0.05, 0) is 89.3 Å². The summed E-state index contributed by atoms with van der Waals surface area (Å²) in [4.78, 5) is 0. The first-order chi connectivity index (χ1) is 26.8. The number of para-hydroxylation sites is 1. The van der Waals surface area contributed by atoms with Crippen molar-refractivity contribution in [3.8, 4) is 33.4 Å². The predicted molar refractivity (Wildman–Crippen MR) is 233 cm³/mol. The molecule has 2 heteroatoms. The number of furan rings is 1. The second-order valence-electron chi connectivity index (χ2n) is 14.3. The summed E-state index contributed by atoms with van der Waals surface area (Å²) in [6.07, 6.45) is 0. The van der Waals surface area contributed by atoms with Gasteiger partial charge in [-0.2, -0.15) is 0 Å². The fourth-order valence-corrected chi connectivity index (χ4v) is 10.3. The molecule has 0 N–H and O–H groups in total. The molecule has 0 saturated heterocycles. The lowest BCUT2D eigenvalue weighted by Gasteiger charge is -2.18. The molecular weight excluding hydrogens is 673 g/mol. The van der Waals surface area contributed by atoms with E-state index >= 15 is 0 Å². The van der Waals surface area contributed by atoms with Crippen LogP contribution in [0.1, 0.15) is 0 Å². The van der Waals surface area contributed by atoms with Crippen molar-refractivity contribution in [2.75, 3.05) is 0 Å². The van der Waals surface area contributed by atoms with Gasteiger partial charge in [0.15, 0.2) is 0 Å². The highest BCUT2D eigenvalue weighted by Gasteiger charge is 2.20. The highest BCUT2D eigenvalue weighted by Crippen LogP contribution is 2.48. The van der Waals surface area contributed by atoms with Gasteiger partial charge in [-0.3, -0.25) is 0 Å². The van der Waals surface area contributed by atoms with Gasteiger partial charge in [0.1, 0.15) is 11.2 Å². The van der Waals surface area contributed by atoms with Crippen molar-refractivity contribution < 1.29 is 4.42 Å². The highest BCUT2D eigenvalue weighted by molar-refractivity contribution is 7.27. The zero-order chi connectivity index (χ0) is 35.3. The van der Waals surface area contributed by atoms with E-state index in [-0.39, 0.29) is 0 Å². The number of fused-ring (bicyclic) bond motifs is 13. The van der Waals surface area contributed by atoms with E-state index in [1.165, 1.54) is 107 Å². The average molecular weight is 703 g/mol. The second-order valence-corrected chi connectivity index (χ2v) is 15.4. The lowest BCUT2D eigenvalue weighted by molar-refractivity contribution is 0.673. The van der Waals surface area contributed by atoms with Gasteiger partial charge in [-0.25, -0.2) is 0 Å². The Kier molecular flexibility index (Phi) is 6.28. The minimum Gasteiger partial charge on any atom is -0.455 e. The van der Waals surface area contributed by atoms with E-state index in [1.54, 1.807) is 0 Å². The number of thiophene rings is 1. The molecule has 0 bridgehead atoms. The molecule has 0 amide bonds. The maximum atomic E-state index is 6.63. The first kappa shape index (κ1) is 29.8. The first-order valence-electron chi connectivity index (χ1n) is 18.5. The van der Waals surface area contributed by atoms with Crippen LogP contribution in [-0.4, -0.2) is 0 Å². The molecule has 0 atom stereocenters. The summed E-state index contributed by atoms with van der Waals surface area (Å²) in [6.45, 7) is 0. The summed E-state index contributed by atoms with van der Waals surface area (Å²) in [5.41, 5.74) is 9.37. The Morgan fingerprint density at radius 1 is 0.333 bits per heavy atom. The molecule has 12 rings (SSSR count). The monoisotopic (exact) mass is 702 g/mol. The molecule has 10 aromatic carbocycles. The van der Waals surface area contributed by atoms with Gasteiger partial charge in [-0.1, -0.05) is 164 Å². The van der Waals surface area contributed by atoms with Gasteiger partial charge in [-0.15, -0.1) is 11.3 Å². The largest absolute Gasteiger partial charge is 0.455 e. The van der Waals surface area contributed by atoms with Gasteiger partial charge in [0.2, 0.25) is 0 Å². The molecule has 250 valence electrons. The minimum absolute atomic E-state index is 0.935. The van der Waals surface area contributed by atoms with Gasteiger partial charge in [0, 0.05) is 36.3 Å². The Labute approximate surface area is 314 Å². The van der Waals surface area contributed by atoms with Crippen LogP contribution in [0.5, 0.6) is 0 Å². The molecular formula is C52H30OS. The maximum Gasteiger partial charge on any atom is 0.145 e. The third-order valence-corrected chi connectivity index (χ3v) is 12.6. The first-order valence-corrected chi connectivity index (χ1v) is 19.3. The third kappa shape index (κ3) is 4.26. The summed E-state index contributed by atoms with van der Waals surface area (Å²) in [5.74, 6) is 0. The quantitative estimate of drug-likeness (QED) is 0.167. The van der Waals surface area contributed by atoms with Crippen LogP contribution in [0.2, 0.25) is 0 Å². The zero-order valence-electron chi connectivity index (χ0n) is 29.1. The van der Waals surface area contributed by atoms with Crippen molar-refractivity contribution in [3.05, 3.63) is 182 Å². The molecule has 0 radical (unpaired) electrons. The van der Waals surface area contributed by atoms with Crippen LogP contribution >= 0.6 is 11.3 Å². The Bertz CT molecular complexity index is 3430. The van der Waals surface area contributed by atoms with E-state index < -0.39 is 0 Å². The predicted octanol–water partition coefficient (Wildman–Crippen LogP) is 15.6. The minimum atomic E-state index is 0.935. The number of rotatable bonds is 3. The number of hydrogen-bond acceptors (Lipinski definition) is 2. The SMILES string of the molecule is c1ccc2cc(-c3c4ccccc4c(-c4ccc(-c5ccc6c(c5)sc5c7ccccc7c7c8ccccc8oc7c65)cc4)c4ccccc34)ccc2c1. The molecule has 0 unspecified atom stereocenters. The van der Waals surface area contributed by atoms with Gasteiger partial charge < -0.3 is 4.42 Å². The van der Waals surface area contributed by atoms with Crippen molar-refractivity contribution in [2.45, 2.75) is 0 Å². The van der Waals surface area contributed by atoms with Crippen LogP contribution in [0.4, 0.5) is 0 Å². The second kappa shape index (κ2) is 11.4. The van der Waals surface area contributed by atoms with E-state index in [0.717, 1.165) is 11.2 Å². The number of hydrogen-bond donors (Lipinski definition) is 0. The molecule has 0 saturated carbocycles. The Hall–Kier alpha value is -6.74. The molecule has 54 heavy (non-hydrogen) atoms. The summed E-state index contributed by atoms with van der Waals surface area (Å²) >= 11 is 1.87. The maximum absolute atomic E-state index is 6.63. The average Bonchev–Trinajstić information content (AvgIpc) is 3.82. The van der Waals surface area contributed by atoms with E-state index in [4.69, 9.17) is 4.42 Å². The molecule has 0 aliphatic carbocycles. The Morgan fingerprint density at radius 2 is 0.870 bits per heavy atom. The van der Waals surface area contributed by atoms with Crippen molar-refractivity contribution in [3.63, 3.8) is 0 Å². The summed E-state index contributed by atoms with van der Waals surface area (Å²) in [6, 6.07) is 66.6. The van der Waals surface area contributed by atoms with E-state index in [9.17, 15) is 0 Å². The summed E-state index contributed by atoms with van der Waals surface area (Å²) in [5, 5.41) is 15.0. The van der Waals surface area contributed by atoms with Gasteiger partial charge >= 0.3 is 0 Å². The third-order valence-electron chi connectivity index (χ3n) is 11.4. The molecule has 0 aliphatic heterocycles. The fourth-order valence-electron chi connectivity index (χ4n) is 9.00. The Balaban J connectivity index is 1.01. The van der Waals surface area contributed by atoms with E-state index in [1.807, 2.05) is 11.3 Å². The highest BCUT2D eigenvalue weighted by atomic mass is 32.1. The van der Waals surface area contributed by atoms with Crippen molar-refractivity contribution in [1.82, 2.24) is 0 Å². The topological polar surface area (TPSA) is 13.1 Å². The standard InChI is InChI=1S/C52H30OS/c1-2-12-34-29-36(26-23-31(34)11-1)48-39-15-5-3-13-37(39)47(38-14-4-6-16-40(38)48)33-24-21-32(22-25-33)35-27-28-44-46(30-35)54-52-42-18-8-7-17-41(42)49-43-19-9-10-20-45(43)53-51(49)50(44)52/h1-30H. The Morgan fingerprint density at radius 3 is 1.59 bits per heavy atom. The van der Waals surface area contributed by atoms with Crippen molar-refractivity contribution in [1.29, 1.82) is 0 Å². The normalized spacial score (nSPS) is 12.1. The van der Waals surface area contributed by atoms with Crippen molar-refractivity contribution >= 4 is 96.5 Å². The lowest BCUT2D eigenvalue weighted by Crippen LogP contribution is -1.91. The molecule has 0 aliphatic rings. The molecule has 12 aromatic rings. The van der Waals surface area contributed by atoms with E-state index in [2.05, 4.69) is 182 Å². The molecule has 2 aromatic heterocycles. The lowest BCUT2D eigenvalue weighted by atomic mass is 9.85. The fraction of sp³-hybridized carbons (Fsp3) is 0. The summed E-state index contributed by atoms with van der Waals surface area (Å²) < 4.78 is 9.18. The molecule has 1 nitrogen and oxygen atoms in total. The molecule has 0 spiro atoms. The summed E-state index contributed by atoms with van der Waals surface area (Å²) in [7, 11) is 0.